The van der Waals surface area contributed by atoms with E-state index in [1.807, 2.05) is 18.2 Å². The number of nitrogens with one attached hydrogen (secondary N) is 1. The lowest BCUT2D eigenvalue weighted by molar-refractivity contribution is 0.103. The number of unbranched alkanes of at least 4 members (excludes halogenated alkanes) is 2. The molecule has 27 heavy (non-hydrogen) atoms. The van der Waals surface area contributed by atoms with Crippen molar-refractivity contribution >= 4 is 12.1 Å². The van der Waals surface area contributed by atoms with Crippen molar-refractivity contribution in [3.8, 4) is 5.75 Å². The summed E-state index contributed by atoms with van der Waals surface area (Å²) in [4.78, 5) is 20.6. The molecule has 0 saturated carbocycles. The van der Waals surface area contributed by atoms with Crippen molar-refractivity contribution < 1.29 is 14.3 Å². The minimum atomic E-state index is -0.741. The van der Waals surface area contributed by atoms with Crippen LogP contribution in [0.2, 0.25) is 0 Å². The zero-order valence-corrected chi connectivity index (χ0v) is 16.6. The fourth-order valence-corrected chi connectivity index (χ4v) is 2.91. The molecule has 146 valence electrons. The average molecular weight is 371 g/mol. The molecular weight excluding hydrogens is 342 g/mol. The first kappa shape index (κ1) is 20.7. The van der Waals surface area contributed by atoms with Crippen LogP contribution in [-0.2, 0) is 4.74 Å². The first-order valence-electron chi connectivity index (χ1n) is 9.56. The van der Waals surface area contributed by atoms with Crippen LogP contribution in [0.4, 0.5) is 10.7 Å². The maximum absolute atomic E-state index is 11.6. The third kappa shape index (κ3) is 6.24. The van der Waals surface area contributed by atoms with Crippen molar-refractivity contribution in [1.82, 2.24) is 9.97 Å². The van der Waals surface area contributed by atoms with Gasteiger partial charge in [-0.3, -0.25) is 0 Å². The molecule has 1 atom stereocenters. The van der Waals surface area contributed by atoms with Crippen LogP contribution in [0, 0.1) is 13.8 Å². The topological polar surface area (TPSA) is 73.3 Å². The standard InChI is InChI=1S/C21H29N3O3/c1-5-7-9-14-18(17-12-10-8-11-13-17)24-20-22-15(3)19(16(4)23-20)27-21(25)26-6-2/h8,10-13,18H,5-7,9,14H2,1-4H3,(H,22,23,24). The third-order valence-electron chi connectivity index (χ3n) is 4.25. The molecule has 0 bridgehead atoms. The summed E-state index contributed by atoms with van der Waals surface area (Å²) in [6.45, 7) is 7.77. The zero-order chi connectivity index (χ0) is 19.6. The minimum absolute atomic E-state index is 0.133. The van der Waals surface area contributed by atoms with Gasteiger partial charge < -0.3 is 14.8 Å². The Morgan fingerprint density at radius 2 is 1.74 bits per heavy atom. The normalized spacial score (nSPS) is 11.7. The molecule has 0 aliphatic rings. The summed E-state index contributed by atoms with van der Waals surface area (Å²) < 4.78 is 10.1. The Bertz CT molecular complexity index is 712. The first-order chi connectivity index (χ1) is 13.0. The molecule has 0 aliphatic carbocycles. The van der Waals surface area contributed by atoms with E-state index in [-0.39, 0.29) is 12.6 Å². The highest BCUT2D eigenvalue weighted by Gasteiger charge is 2.17. The number of ether oxygens (including phenoxy) is 2. The van der Waals surface area contributed by atoms with Crippen molar-refractivity contribution in [2.24, 2.45) is 0 Å². The van der Waals surface area contributed by atoms with Gasteiger partial charge in [0.2, 0.25) is 5.95 Å². The predicted molar refractivity (Wildman–Crippen MR) is 106 cm³/mol. The lowest BCUT2D eigenvalue weighted by Crippen LogP contribution is -2.16. The summed E-state index contributed by atoms with van der Waals surface area (Å²) in [7, 11) is 0. The summed E-state index contributed by atoms with van der Waals surface area (Å²) in [6, 6.07) is 10.4. The fourth-order valence-electron chi connectivity index (χ4n) is 2.91. The van der Waals surface area contributed by atoms with E-state index in [0.717, 1.165) is 12.8 Å². The van der Waals surface area contributed by atoms with Gasteiger partial charge in [0, 0.05) is 0 Å². The van der Waals surface area contributed by atoms with E-state index in [0.29, 0.717) is 23.1 Å². The molecule has 1 heterocycles. The van der Waals surface area contributed by atoms with Crippen molar-refractivity contribution in [2.75, 3.05) is 11.9 Å². The molecule has 6 heteroatoms. The van der Waals surface area contributed by atoms with Crippen molar-refractivity contribution in [3.63, 3.8) is 0 Å². The van der Waals surface area contributed by atoms with Gasteiger partial charge in [0.05, 0.1) is 24.0 Å². The van der Waals surface area contributed by atoms with Gasteiger partial charge in [-0.15, -0.1) is 0 Å². The van der Waals surface area contributed by atoms with E-state index in [1.165, 1.54) is 18.4 Å². The van der Waals surface area contributed by atoms with Gasteiger partial charge in [0.1, 0.15) is 0 Å². The molecule has 6 nitrogen and oxygen atoms in total. The van der Waals surface area contributed by atoms with Gasteiger partial charge >= 0.3 is 6.16 Å². The number of nitrogens with zero attached hydrogens (tertiary/aromatic N) is 2. The molecule has 0 saturated heterocycles. The number of benzene rings is 1. The molecule has 0 aliphatic heterocycles. The Kier molecular flexibility index (Phi) is 8.04. The average Bonchev–Trinajstić information content (AvgIpc) is 2.65. The number of carbonyl (C=O) groups excluding carboxylic acids is 1. The second-order valence-corrected chi connectivity index (χ2v) is 6.44. The van der Waals surface area contributed by atoms with Crippen LogP contribution in [-0.4, -0.2) is 22.7 Å². The predicted octanol–water partition coefficient (Wildman–Crippen LogP) is 5.36. The fraction of sp³-hybridized carbons (Fsp3) is 0.476. The molecule has 2 rings (SSSR count). The quantitative estimate of drug-likeness (QED) is 0.472. The van der Waals surface area contributed by atoms with Crippen LogP contribution in [0.1, 0.15) is 62.5 Å². The van der Waals surface area contributed by atoms with Gasteiger partial charge in [-0.2, -0.15) is 0 Å². The molecule has 1 N–H and O–H groups in total. The highest BCUT2D eigenvalue weighted by atomic mass is 16.7. The Balaban J connectivity index is 2.18. The first-order valence-corrected chi connectivity index (χ1v) is 9.56. The number of hydrogen-bond donors (Lipinski definition) is 1. The second-order valence-electron chi connectivity index (χ2n) is 6.44. The Morgan fingerprint density at radius 1 is 1.07 bits per heavy atom. The van der Waals surface area contributed by atoms with Crippen molar-refractivity contribution in [2.45, 2.75) is 59.4 Å². The number of hydrogen-bond acceptors (Lipinski definition) is 6. The molecule has 1 aromatic carbocycles. The highest BCUT2D eigenvalue weighted by molar-refractivity contribution is 5.64. The molecule has 0 spiro atoms. The number of anilines is 1. The molecular formula is C21H29N3O3. The lowest BCUT2D eigenvalue weighted by Gasteiger charge is -2.20. The third-order valence-corrected chi connectivity index (χ3v) is 4.25. The van der Waals surface area contributed by atoms with E-state index in [1.54, 1.807) is 20.8 Å². The summed E-state index contributed by atoms with van der Waals surface area (Å²) in [5, 5.41) is 3.45. The summed E-state index contributed by atoms with van der Waals surface area (Å²) >= 11 is 0. The van der Waals surface area contributed by atoms with E-state index in [2.05, 4.69) is 34.3 Å². The van der Waals surface area contributed by atoms with Crippen molar-refractivity contribution in [3.05, 3.63) is 47.3 Å². The Morgan fingerprint density at radius 3 is 2.33 bits per heavy atom. The van der Waals surface area contributed by atoms with Gasteiger partial charge in [-0.05, 0) is 32.8 Å². The Hall–Kier alpha value is -2.63. The van der Waals surface area contributed by atoms with E-state index in [4.69, 9.17) is 9.47 Å². The van der Waals surface area contributed by atoms with Gasteiger partial charge in [0.25, 0.3) is 0 Å². The van der Waals surface area contributed by atoms with E-state index < -0.39 is 6.16 Å². The maximum Gasteiger partial charge on any atom is 0.513 e. The SMILES string of the molecule is CCCCCC(Nc1nc(C)c(OC(=O)OCC)c(C)n1)c1ccccc1. The lowest BCUT2D eigenvalue weighted by atomic mass is 10.0. The van der Waals surface area contributed by atoms with Crippen LogP contribution in [0.3, 0.4) is 0 Å². The molecule has 0 amide bonds. The van der Waals surface area contributed by atoms with Gasteiger partial charge in [-0.25, -0.2) is 14.8 Å². The van der Waals surface area contributed by atoms with Crippen LogP contribution in [0.5, 0.6) is 5.75 Å². The molecule has 1 aromatic heterocycles. The molecule has 0 radical (unpaired) electrons. The molecule has 2 aromatic rings. The van der Waals surface area contributed by atoms with E-state index in [9.17, 15) is 4.79 Å². The summed E-state index contributed by atoms with van der Waals surface area (Å²) in [6.07, 6.45) is 3.76. The number of rotatable bonds is 9. The van der Waals surface area contributed by atoms with Crippen LogP contribution >= 0.6 is 0 Å². The monoisotopic (exact) mass is 371 g/mol. The largest absolute Gasteiger partial charge is 0.513 e. The summed E-state index contributed by atoms with van der Waals surface area (Å²) in [5.74, 6) is 0.882. The smallest absolute Gasteiger partial charge is 0.434 e. The van der Waals surface area contributed by atoms with Crippen LogP contribution in [0.15, 0.2) is 30.3 Å². The van der Waals surface area contributed by atoms with Crippen LogP contribution in [0.25, 0.3) is 0 Å². The van der Waals surface area contributed by atoms with Crippen molar-refractivity contribution in [1.29, 1.82) is 0 Å². The molecule has 1 unspecified atom stereocenters. The highest BCUT2D eigenvalue weighted by Crippen LogP contribution is 2.26. The Labute approximate surface area is 161 Å². The van der Waals surface area contributed by atoms with Gasteiger partial charge in [0.15, 0.2) is 5.75 Å². The maximum atomic E-state index is 11.6. The van der Waals surface area contributed by atoms with Crippen LogP contribution < -0.4 is 10.1 Å². The van der Waals surface area contributed by atoms with Gasteiger partial charge in [-0.1, -0.05) is 56.5 Å². The second kappa shape index (κ2) is 10.5. The summed E-state index contributed by atoms with van der Waals surface area (Å²) in [5.41, 5.74) is 2.40. The number of carbonyl (C=O) groups is 1. The number of aryl methyl sites for hydroxylation is 2. The minimum Gasteiger partial charge on any atom is -0.434 e. The molecule has 0 fully saturated rings. The number of aromatic nitrogens is 2. The van der Waals surface area contributed by atoms with E-state index >= 15 is 0 Å². The zero-order valence-electron chi connectivity index (χ0n) is 16.6.